The summed E-state index contributed by atoms with van der Waals surface area (Å²) in [7, 11) is -3.60. The molecule has 1 fully saturated rings. The highest BCUT2D eigenvalue weighted by Crippen LogP contribution is 2.30. The van der Waals surface area contributed by atoms with E-state index in [9.17, 15) is 21.6 Å². The van der Waals surface area contributed by atoms with E-state index in [1.807, 2.05) is 6.92 Å². The fourth-order valence-corrected chi connectivity index (χ4v) is 4.03. The Morgan fingerprint density at radius 3 is 2.76 bits per heavy atom. The molecule has 0 bridgehead atoms. The number of halogens is 3. The van der Waals surface area contributed by atoms with E-state index in [0.717, 1.165) is 16.7 Å². The second-order valence-electron chi connectivity index (χ2n) is 5.02. The Balaban J connectivity index is 1.88. The maximum atomic E-state index is 12.4. The number of thiazole rings is 1. The van der Waals surface area contributed by atoms with Gasteiger partial charge in [-0.2, -0.15) is 13.2 Å². The molecule has 1 N–H and O–H groups in total. The van der Waals surface area contributed by atoms with Gasteiger partial charge < -0.3 is 4.74 Å². The lowest BCUT2D eigenvalue weighted by molar-refractivity contribution is -0.140. The number of alkyl halides is 3. The smallest absolute Gasteiger partial charge is 0.377 e. The van der Waals surface area contributed by atoms with Crippen molar-refractivity contribution in [2.24, 2.45) is 5.92 Å². The number of aromatic nitrogens is 1. The molecule has 1 saturated heterocycles. The lowest BCUT2D eigenvalue weighted by atomic mass is 10.1. The summed E-state index contributed by atoms with van der Waals surface area (Å²) < 4.78 is 68.4. The van der Waals surface area contributed by atoms with Gasteiger partial charge in [0.1, 0.15) is 5.01 Å². The van der Waals surface area contributed by atoms with Crippen molar-refractivity contribution >= 4 is 21.4 Å². The molecular weight excluding hydrogens is 329 g/mol. The molecule has 2 unspecified atom stereocenters. The van der Waals surface area contributed by atoms with E-state index in [4.69, 9.17) is 4.74 Å². The van der Waals surface area contributed by atoms with Crippen molar-refractivity contribution in [2.75, 3.05) is 12.4 Å². The van der Waals surface area contributed by atoms with Crippen LogP contribution in [0.5, 0.6) is 0 Å². The van der Waals surface area contributed by atoms with E-state index in [1.54, 1.807) is 0 Å². The first-order chi connectivity index (χ1) is 9.66. The first-order valence-electron chi connectivity index (χ1n) is 6.26. The Kier molecular flexibility index (Phi) is 4.91. The molecule has 0 aliphatic carbocycles. The van der Waals surface area contributed by atoms with Gasteiger partial charge in [-0.25, -0.2) is 18.1 Å². The molecule has 0 radical (unpaired) electrons. The maximum Gasteiger partial charge on any atom is 0.434 e. The fraction of sp³-hybridized carbons (Fsp3) is 0.727. The minimum atomic E-state index is -4.51. The van der Waals surface area contributed by atoms with Crippen molar-refractivity contribution in [2.45, 2.75) is 32.2 Å². The normalized spacial score (nSPS) is 23.6. The minimum Gasteiger partial charge on any atom is -0.377 e. The summed E-state index contributed by atoms with van der Waals surface area (Å²) in [6.07, 6.45) is -4.21. The SMILES string of the molecule is CC1COC(CS(=O)(=O)NCc2nc(C(F)(F)F)cs2)C1. The molecule has 0 saturated carbocycles. The number of hydrogen-bond acceptors (Lipinski definition) is 5. The van der Waals surface area contributed by atoms with Crippen molar-refractivity contribution in [1.29, 1.82) is 0 Å². The van der Waals surface area contributed by atoms with Crippen LogP contribution < -0.4 is 4.72 Å². The largest absolute Gasteiger partial charge is 0.434 e. The Hall–Kier alpha value is -0.710. The van der Waals surface area contributed by atoms with Crippen molar-refractivity contribution in [1.82, 2.24) is 9.71 Å². The van der Waals surface area contributed by atoms with Crippen molar-refractivity contribution in [3.63, 3.8) is 0 Å². The first kappa shape index (κ1) is 16.7. The molecule has 0 spiro atoms. The van der Waals surface area contributed by atoms with Gasteiger partial charge in [-0.15, -0.1) is 11.3 Å². The summed E-state index contributed by atoms with van der Waals surface area (Å²) in [6.45, 7) is 2.25. The third-order valence-corrected chi connectivity index (χ3v) is 5.22. The molecule has 5 nitrogen and oxygen atoms in total. The molecule has 21 heavy (non-hydrogen) atoms. The lowest BCUT2D eigenvalue weighted by Crippen LogP contribution is -2.31. The molecule has 1 aliphatic heterocycles. The molecule has 120 valence electrons. The van der Waals surface area contributed by atoms with Crippen LogP contribution in [-0.4, -0.2) is 31.9 Å². The first-order valence-corrected chi connectivity index (χ1v) is 8.79. The second-order valence-corrected chi connectivity index (χ2v) is 7.82. The predicted molar refractivity (Wildman–Crippen MR) is 71.3 cm³/mol. The van der Waals surface area contributed by atoms with Gasteiger partial charge in [-0.1, -0.05) is 6.92 Å². The summed E-state index contributed by atoms with van der Waals surface area (Å²) in [5.74, 6) is 0.132. The van der Waals surface area contributed by atoms with Crippen LogP contribution in [-0.2, 0) is 27.5 Å². The van der Waals surface area contributed by atoms with Crippen LogP contribution in [0.4, 0.5) is 13.2 Å². The number of hydrogen-bond donors (Lipinski definition) is 1. The number of nitrogens with one attached hydrogen (secondary N) is 1. The molecule has 2 rings (SSSR count). The van der Waals surface area contributed by atoms with Crippen LogP contribution in [0.2, 0.25) is 0 Å². The van der Waals surface area contributed by atoms with Gasteiger partial charge >= 0.3 is 6.18 Å². The molecule has 0 aromatic carbocycles. The van der Waals surface area contributed by atoms with Crippen LogP contribution in [0.15, 0.2) is 5.38 Å². The number of rotatable bonds is 5. The molecule has 1 aliphatic rings. The van der Waals surface area contributed by atoms with Crippen molar-refractivity contribution in [3.05, 3.63) is 16.1 Å². The maximum absolute atomic E-state index is 12.4. The summed E-state index contributed by atoms with van der Waals surface area (Å²) in [5.41, 5.74) is -1.00. The average molecular weight is 344 g/mol. The Bertz CT molecular complexity index is 586. The molecule has 2 heterocycles. The van der Waals surface area contributed by atoms with E-state index >= 15 is 0 Å². The predicted octanol–water partition coefficient (Wildman–Crippen LogP) is 2.01. The van der Waals surface area contributed by atoms with Gasteiger partial charge in [0.15, 0.2) is 5.69 Å². The number of ether oxygens (including phenoxy) is 1. The molecule has 2 atom stereocenters. The topological polar surface area (TPSA) is 68.3 Å². The quantitative estimate of drug-likeness (QED) is 0.887. The van der Waals surface area contributed by atoms with Gasteiger partial charge in [-0.05, 0) is 12.3 Å². The van der Waals surface area contributed by atoms with Crippen molar-refractivity contribution in [3.8, 4) is 0 Å². The summed E-state index contributed by atoms with van der Waals surface area (Å²) in [4.78, 5) is 3.36. The summed E-state index contributed by atoms with van der Waals surface area (Å²) in [5, 5.41) is 0.942. The van der Waals surface area contributed by atoms with Crippen LogP contribution in [0.25, 0.3) is 0 Å². The van der Waals surface area contributed by atoms with Gasteiger partial charge in [0, 0.05) is 12.0 Å². The monoisotopic (exact) mass is 344 g/mol. The van der Waals surface area contributed by atoms with E-state index in [0.29, 0.717) is 18.9 Å². The minimum absolute atomic E-state index is 0.0756. The Labute approximate surface area is 124 Å². The molecule has 10 heteroatoms. The highest BCUT2D eigenvalue weighted by atomic mass is 32.2. The van der Waals surface area contributed by atoms with Crippen molar-refractivity contribution < 1.29 is 26.3 Å². The van der Waals surface area contributed by atoms with E-state index in [-0.39, 0.29) is 23.4 Å². The second kappa shape index (κ2) is 6.19. The molecule has 0 amide bonds. The molecule has 1 aromatic rings. The summed E-state index contributed by atoms with van der Waals surface area (Å²) in [6, 6.07) is 0. The van der Waals surface area contributed by atoms with E-state index in [1.165, 1.54) is 0 Å². The van der Waals surface area contributed by atoms with Gasteiger partial charge in [0.05, 0.1) is 18.4 Å². The zero-order chi connectivity index (χ0) is 15.7. The fourth-order valence-electron chi connectivity index (χ4n) is 2.00. The van der Waals surface area contributed by atoms with Crippen LogP contribution in [0.3, 0.4) is 0 Å². The van der Waals surface area contributed by atoms with Gasteiger partial charge in [-0.3, -0.25) is 0 Å². The Morgan fingerprint density at radius 1 is 1.52 bits per heavy atom. The van der Waals surface area contributed by atoms with E-state index < -0.39 is 21.9 Å². The van der Waals surface area contributed by atoms with Crippen LogP contribution in [0, 0.1) is 5.92 Å². The third kappa shape index (κ3) is 4.90. The van der Waals surface area contributed by atoms with Gasteiger partial charge in [0.25, 0.3) is 0 Å². The van der Waals surface area contributed by atoms with Gasteiger partial charge in [0.2, 0.25) is 10.0 Å². The summed E-state index contributed by atoms with van der Waals surface area (Å²) >= 11 is 0.771. The highest BCUT2D eigenvalue weighted by Gasteiger charge is 2.34. The number of nitrogens with zero attached hydrogens (tertiary/aromatic N) is 1. The third-order valence-electron chi connectivity index (χ3n) is 2.97. The van der Waals surface area contributed by atoms with Crippen LogP contribution >= 0.6 is 11.3 Å². The molecule has 1 aromatic heterocycles. The standard InChI is InChI=1S/C11H15F3N2O3S2/c1-7-2-8(19-4-7)6-21(17,18)15-3-10-16-9(5-20-10)11(12,13)14/h5,7-8,15H,2-4,6H2,1H3. The highest BCUT2D eigenvalue weighted by molar-refractivity contribution is 7.89. The lowest BCUT2D eigenvalue weighted by Gasteiger charge is -2.10. The number of sulfonamides is 1. The molecular formula is C11H15F3N2O3S2. The zero-order valence-corrected chi connectivity index (χ0v) is 12.8. The Morgan fingerprint density at radius 2 is 2.24 bits per heavy atom. The van der Waals surface area contributed by atoms with Crippen LogP contribution in [0.1, 0.15) is 24.0 Å². The average Bonchev–Trinajstić information content (AvgIpc) is 2.95. The van der Waals surface area contributed by atoms with E-state index in [2.05, 4.69) is 9.71 Å². The zero-order valence-electron chi connectivity index (χ0n) is 11.2.